The Morgan fingerprint density at radius 1 is 1.67 bits per heavy atom. The van der Waals surface area contributed by atoms with Gasteiger partial charge < -0.3 is 10.0 Å². The molecule has 0 aliphatic carbocycles. The third-order valence-corrected chi connectivity index (χ3v) is 2.01. The molecule has 1 N–H and O–H groups in total. The van der Waals surface area contributed by atoms with E-state index in [1.807, 2.05) is 13.8 Å². The largest absolute Gasteiger partial charge is 0.396 e. The predicted molar refractivity (Wildman–Crippen MR) is 52.3 cm³/mol. The molecule has 1 unspecified atom stereocenters. The average Bonchev–Trinajstić information content (AvgIpc) is 2.05. The van der Waals surface area contributed by atoms with Gasteiger partial charge in [0.2, 0.25) is 5.91 Å². The van der Waals surface area contributed by atoms with Crippen LogP contribution in [0.4, 0.5) is 0 Å². The molecule has 0 rings (SSSR count). The topological polar surface area (TPSA) is 40.5 Å². The van der Waals surface area contributed by atoms with Crippen LogP contribution in [0.1, 0.15) is 20.3 Å². The van der Waals surface area contributed by atoms with Crippen molar-refractivity contribution in [3.8, 4) is 0 Å². The number of aliphatic hydroxyl groups excluding tert-OH is 1. The minimum absolute atomic E-state index is 0.0888. The molecule has 0 bridgehead atoms. The van der Waals surface area contributed by atoms with Gasteiger partial charge in [-0.15, -0.1) is 0 Å². The van der Waals surface area contributed by atoms with E-state index in [0.29, 0.717) is 19.5 Å². The molecule has 0 spiro atoms. The van der Waals surface area contributed by atoms with Crippen LogP contribution in [0.2, 0.25) is 0 Å². The van der Waals surface area contributed by atoms with E-state index >= 15 is 0 Å². The lowest BCUT2D eigenvalue weighted by molar-refractivity contribution is -0.130. The van der Waals surface area contributed by atoms with Gasteiger partial charge >= 0.3 is 0 Å². The second-order valence-corrected chi connectivity index (χ2v) is 3.98. The van der Waals surface area contributed by atoms with Crippen molar-refractivity contribution >= 4 is 21.8 Å². The van der Waals surface area contributed by atoms with Crippen molar-refractivity contribution in [2.45, 2.75) is 25.1 Å². The molecule has 0 saturated carbocycles. The number of hydrogen-bond donors (Lipinski definition) is 1. The van der Waals surface area contributed by atoms with Crippen LogP contribution in [0.3, 0.4) is 0 Å². The Labute approximate surface area is 81.9 Å². The zero-order valence-corrected chi connectivity index (χ0v) is 9.17. The number of halogens is 1. The lowest BCUT2D eigenvalue weighted by Gasteiger charge is -2.21. The lowest BCUT2D eigenvalue weighted by Crippen LogP contribution is -2.36. The molecule has 0 aromatic carbocycles. The number of amides is 1. The summed E-state index contributed by atoms with van der Waals surface area (Å²) in [6.45, 7) is 5.23. The molecule has 0 fully saturated rings. The van der Waals surface area contributed by atoms with Crippen molar-refractivity contribution in [2.24, 2.45) is 0 Å². The summed E-state index contributed by atoms with van der Waals surface area (Å²) in [6, 6.07) is 0. The first-order valence-corrected chi connectivity index (χ1v) is 5.08. The van der Waals surface area contributed by atoms with Crippen LogP contribution in [0.25, 0.3) is 0 Å². The molecule has 0 saturated heterocycles. The number of rotatable bonds is 5. The predicted octanol–water partition coefficient (Wildman–Crippen LogP) is 1.00. The molecule has 1 atom stereocenters. The summed E-state index contributed by atoms with van der Waals surface area (Å²) in [5, 5.41) is 8.58. The van der Waals surface area contributed by atoms with E-state index in [-0.39, 0.29) is 17.3 Å². The van der Waals surface area contributed by atoms with Gasteiger partial charge in [0.15, 0.2) is 0 Å². The first kappa shape index (κ1) is 11.9. The average molecular weight is 238 g/mol. The van der Waals surface area contributed by atoms with Crippen molar-refractivity contribution in [2.75, 3.05) is 19.7 Å². The number of carbonyl (C=O) groups excluding carboxylic acids is 1. The van der Waals surface area contributed by atoms with Gasteiger partial charge in [0.1, 0.15) is 0 Å². The van der Waals surface area contributed by atoms with Crippen molar-refractivity contribution in [1.82, 2.24) is 4.90 Å². The molecular weight excluding hydrogens is 222 g/mol. The molecule has 3 nitrogen and oxygen atoms in total. The molecule has 0 aliphatic rings. The summed E-state index contributed by atoms with van der Waals surface area (Å²) < 4.78 is 0. The number of nitrogens with zero attached hydrogens (tertiary/aromatic N) is 1. The number of alkyl halides is 1. The van der Waals surface area contributed by atoms with Crippen LogP contribution >= 0.6 is 15.9 Å². The maximum atomic E-state index is 11.4. The fourth-order valence-electron chi connectivity index (χ4n) is 0.937. The molecule has 0 radical (unpaired) electrons. The van der Waals surface area contributed by atoms with E-state index in [4.69, 9.17) is 5.11 Å². The lowest BCUT2D eigenvalue weighted by atomic mass is 10.3. The number of aliphatic hydroxyl groups is 1. The summed E-state index contributed by atoms with van der Waals surface area (Å²) in [5.74, 6) is 0.0888. The van der Waals surface area contributed by atoms with Crippen LogP contribution in [-0.4, -0.2) is 40.4 Å². The molecule has 0 heterocycles. The van der Waals surface area contributed by atoms with Crippen LogP contribution in [-0.2, 0) is 4.79 Å². The van der Waals surface area contributed by atoms with Gasteiger partial charge in [-0.2, -0.15) is 0 Å². The number of hydrogen-bond acceptors (Lipinski definition) is 2. The highest BCUT2D eigenvalue weighted by molar-refractivity contribution is 9.10. The molecule has 1 amide bonds. The van der Waals surface area contributed by atoms with E-state index in [0.717, 1.165) is 0 Å². The second-order valence-electron chi connectivity index (χ2n) is 2.61. The summed E-state index contributed by atoms with van der Waals surface area (Å²) >= 11 is 3.22. The van der Waals surface area contributed by atoms with Gasteiger partial charge in [0, 0.05) is 19.7 Å². The molecular formula is C8H16BrNO2. The zero-order valence-electron chi connectivity index (χ0n) is 7.59. The van der Waals surface area contributed by atoms with E-state index in [1.54, 1.807) is 4.90 Å². The van der Waals surface area contributed by atoms with Crippen LogP contribution in [0.5, 0.6) is 0 Å². The Hall–Kier alpha value is -0.0900. The summed E-state index contributed by atoms with van der Waals surface area (Å²) in [4.78, 5) is 13.0. The van der Waals surface area contributed by atoms with E-state index < -0.39 is 0 Å². The third kappa shape index (κ3) is 4.07. The van der Waals surface area contributed by atoms with E-state index in [9.17, 15) is 4.79 Å². The Morgan fingerprint density at radius 3 is 2.58 bits per heavy atom. The third-order valence-electron chi connectivity index (χ3n) is 1.62. The van der Waals surface area contributed by atoms with Crippen molar-refractivity contribution in [3.63, 3.8) is 0 Å². The molecule has 0 aliphatic heterocycles. The highest BCUT2D eigenvalue weighted by Gasteiger charge is 2.15. The van der Waals surface area contributed by atoms with Crippen LogP contribution in [0.15, 0.2) is 0 Å². The van der Waals surface area contributed by atoms with Gasteiger partial charge in [-0.1, -0.05) is 15.9 Å². The zero-order chi connectivity index (χ0) is 9.56. The highest BCUT2D eigenvalue weighted by Crippen LogP contribution is 2.04. The van der Waals surface area contributed by atoms with Gasteiger partial charge in [0.25, 0.3) is 0 Å². The Kier molecular flexibility index (Phi) is 6.38. The van der Waals surface area contributed by atoms with Crippen LogP contribution in [0, 0.1) is 0 Å². The molecule has 12 heavy (non-hydrogen) atoms. The van der Waals surface area contributed by atoms with Crippen molar-refractivity contribution in [1.29, 1.82) is 0 Å². The monoisotopic (exact) mass is 237 g/mol. The minimum atomic E-state index is -0.129. The Bertz CT molecular complexity index is 139. The molecule has 4 heteroatoms. The Morgan fingerprint density at radius 2 is 2.25 bits per heavy atom. The SMILES string of the molecule is CCN(CCCO)C(=O)C(C)Br. The minimum Gasteiger partial charge on any atom is -0.396 e. The van der Waals surface area contributed by atoms with E-state index in [2.05, 4.69) is 15.9 Å². The first-order valence-electron chi connectivity index (χ1n) is 4.17. The fraction of sp³-hybridized carbons (Fsp3) is 0.875. The van der Waals surface area contributed by atoms with Gasteiger partial charge in [-0.3, -0.25) is 4.79 Å². The standard InChI is InChI=1S/C8H16BrNO2/c1-3-10(5-4-6-11)8(12)7(2)9/h7,11H,3-6H2,1-2H3. The van der Waals surface area contributed by atoms with Crippen LogP contribution < -0.4 is 0 Å². The molecule has 0 aromatic heterocycles. The van der Waals surface area contributed by atoms with Crippen molar-refractivity contribution < 1.29 is 9.90 Å². The number of carbonyl (C=O) groups is 1. The smallest absolute Gasteiger partial charge is 0.236 e. The summed E-state index contributed by atoms with van der Waals surface area (Å²) in [7, 11) is 0. The normalized spacial score (nSPS) is 12.7. The maximum absolute atomic E-state index is 11.4. The fourth-order valence-corrected chi connectivity index (χ4v) is 1.23. The molecule has 0 aromatic rings. The van der Waals surface area contributed by atoms with E-state index in [1.165, 1.54) is 0 Å². The first-order chi connectivity index (χ1) is 5.63. The second kappa shape index (κ2) is 6.43. The highest BCUT2D eigenvalue weighted by atomic mass is 79.9. The van der Waals surface area contributed by atoms with Gasteiger partial charge in [-0.05, 0) is 20.3 Å². The summed E-state index contributed by atoms with van der Waals surface area (Å²) in [6.07, 6.45) is 0.652. The Balaban J connectivity index is 3.88. The van der Waals surface area contributed by atoms with Gasteiger partial charge in [-0.25, -0.2) is 0 Å². The summed E-state index contributed by atoms with van der Waals surface area (Å²) in [5.41, 5.74) is 0. The van der Waals surface area contributed by atoms with Gasteiger partial charge in [0.05, 0.1) is 4.83 Å². The maximum Gasteiger partial charge on any atom is 0.236 e. The molecule has 72 valence electrons. The quantitative estimate of drug-likeness (QED) is 0.726. The van der Waals surface area contributed by atoms with Crippen molar-refractivity contribution in [3.05, 3.63) is 0 Å².